The molecule has 152 valence electrons. The average Bonchev–Trinajstić information content (AvgIpc) is 3.23. The second-order valence-electron chi connectivity index (χ2n) is 7.01. The number of hydrogen-bond donors (Lipinski definition) is 0. The SMILES string of the molecule is CSc1c(N2CCOCC2)nc(-n2cnc3ccccc32)nc1N1CCOCC1. The molecule has 2 aliphatic rings. The Kier molecular flexibility index (Phi) is 5.26. The zero-order chi connectivity index (χ0) is 19.6. The molecule has 0 spiro atoms. The number of aromatic nitrogens is 4. The number of benzene rings is 1. The van der Waals surface area contributed by atoms with E-state index in [-0.39, 0.29) is 0 Å². The molecular formula is C20H24N6O2S. The normalized spacial score (nSPS) is 17.8. The van der Waals surface area contributed by atoms with E-state index in [1.54, 1.807) is 11.8 Å². The summed E-state index contributed by atoms with van der Waals surface area (Å²) >= 11 is 1.70. The van der Waals surface area contributed by atoms with Gasteiger partial charge in [0.15, 0.2) is 0 Å². The molecule has 0 saturated carbocycles. The summed E-state index contributed by atoms with van der Waals surface area (Å²) in [5.41, 5.74) is 1.94. The third-order valence-electron chi connectivity index (χ3n) is 5.31. The van der Waals surface area contributed by atoms with E-state index in [0.29, 0.717) is 32.4 Å². The van der Waals surface area contributed by atoms with Crippen LogP contribution < -0.4 is 9.80 Å². The van der Waals surface area contributed by atoms with Crippen LogP contribution >= 0.6 is 11.8 Å². The van der Waals surface area contributed by atoms with E-state index in [1.165, 1.54) is 0 Å². The lowest BCUT2D eigenvalue weighted by Gasteiger charge is -2.33. The predicted octanol–water partition coefficient (Wildman–Crippen LogP) is 2.21. The Morgan fingerprint density at radius 2 is 1.45 bits per heavy atom. The lowest BCUT2D eigenvalue weighted by atomic mass is 10.3. The summed E-state index contributed by atoms with van der Waals surface area (Å²) in [5.74, 6) is 2.61. The van der Waals surface area contributed by atoms with Crippen LogP contribution in [0.15, 0.2) is 35.5 Å². The number of morpholine rings is 2. The van der Waals surface area contributed by atoms with Gasteiger partial charge >= 0.3 is 0 Å². The summed E-state index contributed by atoms with van der Waals surface area (Å²) in [6.45, 7) is 6.19. The minimum atomic E-state index is 0.652. The quantitative estimate of drug-likeness (QED) is 0.604. The fourth-order valence-corrected chi connectivity index (χ4v) is 4.52. The van der Waals surface area contributed by atoms with Crippen LogP contribution in [0.25, 0.3) is 17.0 Å². The number of nitrogens with zero attached hydrogens (tertiary/aromatic N) is 6. The molecular weight excluding hydrogens is 388 g/mol. The Bertz CT molecular complexity index is 959. The summed E-state index contributed by atoms with van der Waals surface area (Å²) in [5, 5.41) is 0. The molecule has 0 amide bonds. The first-order valence-electron chi connectivity index (χ1n) is 9.89. The fourth-order valence-electron chi connectivity index (χ4n) is 3.80. The Morgan fingerprint density at radius 3 is 2.03 bits per heavy atom. The first-order chi connectivity index (χ1) is 14.3. The molecule has 0 unspecified atom stereocenters. The smallest absolute Gasteiger partial charge is 0.239 e. The first-order valence-corrected chi connectivity index (χ1v) is 11.1. The van der Waals surface area contributed by atoms with Gasteiger partial charge < -0.3 is 19.3 Å². The molecule has 0 radical (unpaired) electrons. The van der Waals surface area contributed by atoms with E-state index in [1.807, 2.05) is 29.1 Å². The van der Waals surface area contributed by atoms with Gasteiger partial charge in [-0.25, -0.2) is 4.98 Å². The van der Waals surface area contributed by atoms with E-state index < -0.39 is 0 Å². The zero-order valence-corrected chi connectivity index (χ0v) is 17.3. The number of rotatable bonds is 4. The maximum Gasteiger partial charge on any atom is 0.239 e. The topological polar surface area (TPSA) is 68.5 Å². The van der Waals surface area contributed by atoms with Gasteiger partial charge in [0.2, 0.25) is 5.95 Å². The third-order valence-corrected chi connectivity index (χ3v) is 6.09. The number of imidazole rings is 1. The molecule has 0 N–H and O–H groups in total. The molecule has 1 aromatic carbocycles. The van der Waals surface area contributed by atoms with Crippen LogP contribution in [0.4, 0.5) is 11.6 Å². The second-order valence-corrected chi connectivity index (χ2v) is 7.82. The van der Waals surface area contributed by atoms with Crippen molar-refractivity contribution in [3.8, 4) is 5.95 Å². The highest BCUT2D eigenvalue weighted by Crippen LogP contribution is 2.36. The van der Waals surface area contributed by atoms with Crippen molar-refractivity contribution in [1.82, 2.24) is 19.5 Å². The van der Waals surface area contributed by atoms with E-state index in [4.69, 9.17) is 19.4 Å². The molecule has 2 aromatic heterocycles. The first kappa shape index (κ1) is 18.7. The minimum absolute atomic E-state index is 0.652. The molecule has 5 rings (SSSR count). The number of ether oxygens (including phenoxy) is 2. The van der Waals surface area contributed by atoms with Gasteiger partial charge in [-0.15, -0.1) is 11.8 Å². The molecule has 8 nitrogen and oxygen atoms in total. The lowest BCUT2D eigenvalue weighted by Crippen LogP contribution is -2.39. The van der Waals surface area contributed by atoms with Crippen molar-refractivity contribution < 1.29 is 9.47 Å². The van der Waals surface area contributed by atoms with Crippen molar-refractivity contribution in [2.24, 2.45) is 0 Å². The lowest BCUT2D eigenvalue weighted by molar-refractivity contribution is 0.121. The van der Waals surface area contributed by atoms with Gasteiger partial charge in [-0.1, -0.05) is 12.1 Å². The van der Waals surface area contributed by atoms with Crippen LogP contribution in [0.2, 0.25) is 0 Å². The number of para-hydroxylation sites is 2. The molecule has 2 aliphatic heterocycles. The zero-order valence-electron chi connectivity index (χ0n) is 16.5. The van der Waals surface area contributed by atoms with Gasteiger partial charge in [-0.3, -0.25) is 4.57 Å². The number of fused-ring (bicyclic) bond motifs is 1. The Morgan fingerprint density at radius 1 is 0.862 bits per heavy atom. The molecule has 4 heterocycles. The highest BCUT2D eigenvalue weighted by Gasteiger charge is 2.26. The molecule has 0 atom stereocenters. The fraction of sp³-hybridized carbons (Fsp3) is 0.450. The third kappa shape index (κ3) is 3.54. The van der Waals surface area contributed by atoms with Gasteiger partial charge in [-0.05, 0) is 18.4 Å². The largest absolute Gasteiger partial charge is 0.378 e. The van der Waals surface area contributed by atoms with Gasteiger partial charge in [0.25, 0.3) is 0 Å². The van der Waals surface area contributed by atoms with Gasteiger partial charge in [-0.2, -0.15) is 9.97 Å². The van der Waals surface area contributed by atoms with Crippen LogP contribution in [-0.4, -0.2) is 78.4 Å². The number of thioether (sulfide) groups is 1. The summed E-state index contributed by atoms with van der Waals surface area (Å²) in [6.07, 6.45) is 3.91. The summed E-state index contributed by atoms with van der Waals surface area (Å²) in [6, 6.07) is 8.07. The van der Waals surface area contributed by atoms with Gasteiger partial charge in [0.05, 0.1) is 42.4 Å². The monoisotopic (exact) mass is 412 g/mol. The van der Waals surface area contributed by atoms with Crippen molar-refractivity contribution in [2.75, 3.05) is 68.7 Å². The average molecular weight is 413 g/mol. The Labute approximate surface area is 173 Å². The van der Waals surface area contributed by atoms with Crippen molar-refractivity contribution >= 4 is 34.4 Å². The minimum Gasteiger partial charge on any atom is -0.378 e. The summed E-state index contributed by atoms with van der Waals surface area (Å²) < 4.78 is 13.1. The standard InChI is InChI=1S/C20H24N6O2S/c1-29-17-18(24-6-10-27-11-7-24)22-20(23-19(17)25-8-12-28-13-9-25)26-14-21-15-4-2-3-5-16(15)26/h2-5,14H,6-13H2,1H3. The van der Waals surface area contributed by atoms with Crippen LogP contribution in [0.5, 0.6) is 0 Å². The van der Waals surface area contributed by atoms with E-state index >= 15 is 0 Å². The summed E-state index contributed by atoms with van der Waals surface area (Å²) in [4.78, 5) is 20.3. The van der Waals surface area contributed by atoms with Crippen LogP contribution in [0.3, 0.4) is 0 Å². The van der Waals surface area contributed by atoms with E-state index in [0.717, 1.165) is 53.7 Å². The molecule has 9 heteroatoms. The highest BCUT2D eigenvalue weighted by molar-refractivity contribution is 7.99. The predicted molar refractivity (Wildman–Crippen MR) is 115 cm³/mol. The molecule has 3 aromatic rings. The van der Waals surface area contributed by atoms with E-state index in [9.17, 15) is 0 Å². The maximum absolute atomic E-state index is 5.57. The van der Waals surface area contributed by atoms with Crippen molar-refractivity contribution in [1.29, 1.82) is 0 Å². The van der Waals surface area contributed by atoms with Crippen LogP contribution in [0.1, 0.15) is 0 Å². The Hall–Kier alpha value is -2.36. The van der Waals surface area contributed by atoms with Crippen molar-refractivity contribution in [3.63, 3.8) is 0 Å². The maximum atomic E-state index is 5.57. The number of anilines is 2. The molecule has 2 saturated heterocycles. The molecule has 0 bridgehead atoms. The molecule has 2 fully saturated rings. The van der Waals surface area contributed by atoms with Gasteiger partial charge in [0, 0.05) is 26.2 Å². The van der Waals surface area contributed by atoms with E-state index in [2.05, 4.69) is 27.1 Å². The Balaban J connectivity index is 1.67. The summed E-state index contributed by atoms with van der Waals surface area (Å²) in [7, 11) is 0. The van der Waals surface area contributed by atoms with Crippen LogP contribution in [0, 0.1) is 0 Å². The number of hydrogen-bond acceptors (Lipinski definition) is 8. The second kappa shape index (κ2) is 8.17. The molecule has 0 aliphatic carbocycles. The molecule has 29 heavy (non-hydrogen) atoms. The van der Waals surface area contributed by atoms with Crippen molar-refractivity contribution in [2.45, 2.75) is 4.90 Å². The van der Waals surface area contributed by atoms with Crippen LogP contribution in [-0.2, 0) is 9.47 Å². The van der Waals surface area contributed by atoms with Gasteiger partial charge in [0.1, 0.15) is 18.0 Å². The highest BCUT2D eigenvalue weighted by atomic mass is 32.2. The van der Waals surface area contributed by atoms with Crippen molar-refractivity contribution in [3.05, 3.63) is 30.6 Å².